The van der Waals surface area contributed by atoms with Gasteiger partial charge < -0.3 is 0 Å². The Hall–Kier alpha value is -0.761. The summed E-state index contributed by atoms with van der Waals surface area (Å²) in [6.45, 7) is 0. The van der Waals surface area contributed by atoms with Gasteiger partial charge in [0, 0.05) is 0 Å². The van der Waals surface area contributed by atoms with Crippen LogP contribution in [0.4, 0.5) is 0 Å². The predicted octanol–water partition coefficient (Wildman–Crippen LogP) is 2.37. The van der Waals surface area contributed by atoms with E-state index < -0.39 is 13.7 Å². The zero-order valence-corrected chi connectivity index (χ0v) is 11.3. The predicted molar refractivity (Wildman–Crippen MR) is 69.3 cm³/mol. The molecule has 0 aliphatic carbocycles. The SMILES string of the molecule is BrN=[Se](c1ccccc1)c1ccccc1. The molecule has 0 aromatic heterocycles. The monoisotopic (exact) mass is 327 g/mol. The molecule has 0 saturated heterocycles. The van der Waals surface area contributed by atoms with Crippen molar-refractivity contribution < 1.29 is 0 Å². The summed E-state index contributed by atoms with van der Waals surface area (Å²) in [5, 5.41) is 0. The fraction of sp³-hybridized carbons (Fsp3) is 0. The summed E-state index contributed by atoms with van der Waals surface area (Å²) in [6.07, 6.45) is 0. The summed E-state index contributed by atoms with van der Waals surface area (Å²) in [5.41, 5.74) is 0. The normalized spacial score (nSPS) is 10.3. The molecule has 0 aliphatic rings. The summed E-state index contributed by atoms with van der Waals surface area (Å²) >= 11 is 2.03. The van der Waals surface area contributed by atoms with E-state index in [1.165, 1.54) is 8.92 Å². The fourth-order valence-electron chi connectivity index (χ4n) is 1.31. The van der Waals surface area contributed by atoms with E-state index in [2.05, 4.69) is 67.7 Å². The van der Waals surface area contributed by atoms with Gasteiger partial charge in [0.1, 0.15) is 0 Å². The van der Waals surface area contributed by atoms with Crippen LogP contribution >= 0.6 is 16.1 Å². The van der Waals surface area contributed by atoms with E-state index in [9.17, 15) is 0 Å². The average molecular weight is 327 g/mol. The first kappa shape index (κ1) is 10.7. The molecule has 1 nitrogen and oxygen atoms in total. The molecule has 15 heavy (non-hydrogen) atoms. The van der Waals surface area contributed by atoms with Crippen LogP contribution < -0.4 is 8.92 Å². The van der Waals surface area contributed by atoms with Crippen LogP contribution in [0.25, 0.3) is 0 Å². The molecule has 0 bridgehead atoms. The molecular formula is C12H10BrNSe. The van der Waals surface area contributed by atoms with E-state index in [0.29, 0.717) is 0 Å². The molecule has 0 aliphatic heterocycles. The maximum absolute atomic E-state index is 4.37. The van der Waals surface area contributed by atoms with Crippen LogP contribution in [0.1, 0.15) is 0 Å². The fourth-order valence-corrected chi connectivity index (χ4v) is 5.70. The molecule has 0 fully saturated rings. The van der Waals surface area contributed by atoms with Gasteiger partial charge in [-0.3, -0.25) is 0 Å². The number of halogens is 1. The van der Waals surface area contributed by atoms with Crippen LogP contribution in [0, 0.1) is 0 Å². The van der Waals surface area contributed by atoms with Crippen LogP contribution in [0.3, 0.4) is 0 Å². The topological polar surface area (TPSA) is 12.4 Å². The molecule has 0 heterocycles. The summed E-state index contributed by atoms with van der Waals surface area (Å²) in [5.74, 6) is 0. The van der Waals surface area contributed by atoms with Gasteiger partial charge in [-0.25, -0.2) is 0 Å². The molecule has 0 N–H and O–H groups in total. The first-order valence-electron chi connectivity index (χ1n) is 4.58. The molecule has 2 aromatic carbocycles. The third kappa shape index (κ3) is 2.63. The van der Waals surface area contributed by atoms with Crippen molar-refractivity contribution in [2.75, 3.05) is 0 Å². The van der Waals surface area contributed by atoms with E-state index in [1.807, 2.05) is 12.1 Å². The molecule has 0 radical (unpaired) electrons. The minimum absolute atomic E-state index is 1.24. The second kappa shape index (κ2) is 5.36. The van der Waals surface area contributed by atoms with Gasteiger partial charge in [-0.1, -0.05) is 0 Å². The quantitative estimate of drug-likeness (QED) is 0.751. The second-order valence-corrected chi connectivity index (χ2v) is 7.95. The molecule has 0 unspecified atom stereocenters. The molecule has 2 aromatic rings. The van der Waals surface area contributed by atoms with Gasteiger partial charge in [0.25, 0.3) is 0 Å². The van der Waals surface area contributed by atoms with Gasteiger partial charge in [-0.05, 0) is 0 Å². The third-order valence-electron chi connectivity index (χ3n) is 2.00. The first-order chi connectivity index (χ1) is 7.42. The number of rotatable bonds is 2. The summed E-state index contributed by atoms with van der Waals surface area (Å²) in [7, 11) is 0. The van der Waals surface area contributed by atoms with Crippen molar-refractivity contribution in [3.63, 3.8) is 0 Å². The van der Waals surface area contributed by atoms with E-state index in [4.69, 9.17) is 0 Å². The van der Waals surface area contributed by atoms with Gasteiger partial charge in [-0.2, -0.15) is 0 Å². The Morgan fingerprint density at radius 2 is 1.13 bits per heavy atom. The number of nitrogens with zero attached hydrogens (tertiary/aromatic N) is 1. The zero-order valence-electron chi connectivity index (χ0n) is 8.01. The molecule has 76 valence electrons. The van der Waals surface area contributed by atoms with E-state index in [1.54, 1.807) is 0 Å². The Labute approximate surface area is 102 Å². The van der Waals surface area contributed by atoms with Crippen LogP contribution in [0.5, 0.6) is 0 Å². The van der Waals surface area contributed by atoms with Crippen molar-refractivity contribution in [2.45, 2.75) is 0 Å². The Morgan fingerprint density at radius 3 is 1.47 bits per heavy atom. The number of hydrogen-bond donors (Lipinski definition) is 0. The summed E-state index contributed by atoms with van der Waals surface area (Å²) in [6, 6.07) is 20.9. The molecule has 0 saturated carbocycles. The molecule has 3 heteroatoms. The van der Waals surface area contributed by atoms with Crippen LogP contribution in [0.2, 0.25) is 0 Å². The third-order valence-corrected chi connectivity index (χ3v) is 6.81. The van der Waals surface area contributed by atoms with Crippen LogP contribution in [0.15, 0.2) is 63.7 Å². The first-order valence-corrected chi connectivity index (χ1v) is 7.77. The number of benzene rings is 2. The Kier molecular flexibility index (Phi) is 3.84. The van der Waals surface area contributed by atoms with E-state index in [0.717, 1.165) is 0 Å². The van der Waals surface area contributed by atoms with E-state index >= 15 is 0 Å². The molecule has 0 atom stereocenters. The van der Waals surface area contributed by atoms with Crippen molar-refractivity contribution >= 4 is 38.8 Å². The van der Waals surface area contributed by atoms with Gasteiger partial charge in [0.2, 0.25) is 0 Å². The molecule has 2 rings (SSSR count). The number of hydrogen-bond acceptors (Lipinski definition) is 1. The molecular weight excluding hydrogens is 317 g/mol. The zero-order chi connectivity index (χ0) is 10.5. The van der Waals surface area contributed by atoms with E-state index in [-0.39, 0.29) is 0 Å². The summed E-state index contributed by atoms with van der Waals surface area (Å²) < 4.78 is 7.01. The van der Waals surface area contributed by atoms with Crippen molar-refractivity contribution in [2.24, 2.45) is 2.99 Å². The average Bonchev–Trinajstić information content (AvgIpc) is 2.33. The Morgan fingerprint density at radius 1 is 0.733 bits per heavy atom. The maximum atomic E-state index is 4.37. The summed E-state index contributed by atoms with van der Waals surface area (Å²) in [4.78, 5) is 0. The standard InChI is InChI=1S/C12H10BrNSe/c13-14-15(11-7-3-1-4-8-11)12-9-5-2-6-10-12/h1-10H. The van der Waals surface area contributed by atoms with Gasteiger partial charge >= 0.3 is 102 Å². The van der Waals surface area contributed by atoms with Gasteiger partial charge in [0.15, 0.2) is 0 Å². The second-order valence-electron chi connectivity index (χ2n) is 2.98. The van der Waals surface area contributed by atoms with Crippen molar-refractivity contribution in [1.29, 1.82) is 0 Å². The van der Waals surface area contributed by atoms with Crippen molar-refractivity contribution in [1.82, 2.24) is 0 Å². The molecule has 0 amide bonds. The van der Waals surface area contributed by atoms with Crippen molar-refractivity contribution in [3.05, 3.63) is 60.7 Å². The van der Waals surface area contributed by atoms with Crippen molar-refractivity contribution in [3.8, 4) is 0 Å². The van der Waals surface area contributed by atoms with Crippen LogP contribution in [-0.4, -0.2) is 13.7 Å². The van der Waals surface area contributed by atoms with Gasteiger partial charge in [0.05, 0.1) is 0 Å². The van der Waals surface area contributed by atoms with Gasteiger partial charge in [-0.15, -0.1) is 0 Å². The molecule has 0 spiro atoms. The Balaban J connectivity index is 2.44. The Bertz CT molecular complexity index is 412. The minimum atomic E-state index is -1.24. The van der Waals surface area contributed by atoms with Crippen LogP contribution in [-0.2, 0) is 0 Å².